The number of halogens is 4. The zero-order valence-corrected chi connectivity index (χ0v) is 14.8. The first-order valence-corrected chi connectivity index (χ1v) is 8.13. The van der Waals surface area contributed by atoms with Gasteiger partial charge in [-0.1, -0.05) is 11.6 Å². The number of piperidine rings is 1. The molecule has 1 aromatic carbocycles. The van der Waals surface area contributed by atoms with Crippen LogP contribution < -0.4 is 15.4 Å². The number of hydrogen-bond donors (Lipinski definition) is 2. The van der Waals surface area contributed by atoms with Crippen LogP contribution in [0.15, 0.2) is 18.2 Å². The minimum Gasteiger partial charge on any atom is -0.434 e. The van der Waals surface area contributed by atoms with E-state index in [1.54, 1.807) is 0 Å². The summed E-state index contributed by atoms with van der Waals surface area (Å²) < 4.78 is 29.2. The van der Waals surface area contributed by atoms with E-state index in [0.29, 0.717) is 22.9 Å². The third-order valence-electron chi connectivity index (χ3n) is 3.95. The Morgan fingerprint density at radius 3 is 2.75 bits per heavy atom. The summed E-state index contributed by atoms with van der Waals surface area (Å²) in [5.41, 5.74) is 0.438. The third-order valence-corrected chi connectivity index (χ3v) is 4.19. The maximum Gasteiger partial charge on any atom is 0.387 e. The molecule has 24 heavy (non-hydrogen) atoms. The van der Waals surface area contributed by atoms with E-state index >= 15 is 0 Å². The highest BCUT2D eigenvalue weighted by atomic mass is 35.5. The van der Waals surface area contributed by atoms with Crippen molar-refractivity contribution >= 4 is 29.9 Å². The van der Waals surface area contributed by atoms with Crippen molar-refractivity contribution < 1.29 is 18.3 Å². The molecule has 0 aromatic heterocycles. The summed E-state index contributed by atoms with van der Waals surface area (Å²) in [6.07, 6.45) is 3.47. The minimum atomic E-state index is -2.91. The Hall–Kier alpha value is -1.11. The highest BCUT2D eigenvalue weighted by molar-refractivity contribution is 6.30. The Morgan fingerprint density at radius 2 is 2.08 bits per heavy atom. The molecule has 1 aliphatic heterocycles. The van der Waals surface area contributed by atoms with E-state index in [1.165, 1.54) is 18.2 Å². The lowest BCUT2D eigenvalue weighted by Crippen LogP contribution is -2.29. The molecule has 2 N–H and O–H groups in total. The number of alkyl halides is 2. The highest BCUT2D eigenvalue weighted by Gasteiger charge is 2.15. The fourth-order valence-electron chi connectivity index (χ4n) is 2.68. The SMILES string of the molecule is Cl.O=C(CCC1CCNCC1)NCc1cc(Cl)ccc1OC(F)F. The molecule has 1 heterocycles. The van der Waals surface area contributed by atoms with Gasteiger partial charge in [0.25, 0.3) is 0 Å². The predicted octanol–water partition coefficient (Wildman–Crippen LogP) is 3.76. The Kier molecular flexibility index (Phi) is 9.33. The number of ether oxygens (including phenoxy) is 1. The van der Waals surface area contributed by atoms with E-state index in [9.17, 15) is 13.6 Å². The first-order valence-electron chi connectivity index (χ1n) is 7.75. The minimum absolute atomic E-state index is 0. The summed E-state index contributed by atoms with van der Waals surface area (Å²) in [5.74, 6) is 0.514. The normalized spacial score (nSPS) is 15.0. The third kappa shape index (κ3) is 7.20. The van der Waals surface area contributed by atoms with Crippen molar-refractivity contribution in [1.82, 2.24) is 10.6 Å². The van der Waals surface area contributed by atoms with E-state index in [-0.39, 0.29) is 30.6 Å². The Morgan fingerprint density at radius 1 is 1.38 bits per heavy atom. The first-order chi connectivity index (χ1) is 11.0. The average molecular weight is 383 g/mol. The average Bonchev–Trinajstić information content (AvgIpc) is 2.53. The van der Waals surface area contributed by atoms with Gasteiger partial charge in [0.05, 0.1) is 0 Å². The van der Waals surface area contributed by atoms with Crippen LogP contribution in [0, 0.1) is 5.92 Å². The molecule has 8 heteroatoms. The van der Waals surface area contributed by atoms with Gasteiger partial charge in [0, 0.05) is 23.6 Å². The van der Waals surface area contributed by atoms with Gasteiger partial charge in [0.2, 0.25) is 5.91 Å². The molecule has 0 bridgehead atoms. The smallest absolute Gasteiger partial charge is 0.387 e. The summed E-state index contributed by atoms with van der Waals surface area (Å²) in [4.78, 5) is 11.9. The molecule has 4 nitrogen and oxygen atoms in total. The maximum atomic E-state index is 12.4. The van der Waals surface area contributed by atoms with Crippen molar-refractivity contribution in [2.45, 2.75) is 38.8 Å². The van der Waals surface area contributed by atoms with Crippen molar-refractivity contribution in [2.24, 2.45) is 5.92 Å². The summed E-state index contributed by atoms with van der Waals surface area (Å²) in [6.45, 7) is -0.787. The molecule has 1 saturated heterocycles. The summed E-state index contributed by atoms with van der Waals surface area (Å²) in [7, 11) is 0. The Bertz CT molecular complexity index is 527. The molecule has 0 radical (unpaired) electrons. The topological polar surface area (TPSA) is 50.4 Å². The largest absolute Gasteiger partial charge is 0.434 e. The van der Waals surface area contributed by atoms with Crippen molar-refractivity contribution in [3.05, 3.63) is 28.8 Å². The van der Waals surface area contributed by atoms with Crippen LogP contribution in [0.1, 0.15) is 31.2 Å². The Labute approximate surface area is 151 Å². The molecule has 0 saturated carbocycles. The van der Waals surface area contributed by atoms with Crippen molar-refractivity contribution in [1.29, 1.82) is 0 Å². The van der Waals surface area contributed by atoms with Crippen LogP contribution in [-0.4, -0.2) is 25.6 Å². The van der Waals surface area contributed by atoms with Gasteiger partial charge in [-0.05, 0) is 56.5 Å². The summed E-state index contributed by atoms with van der Waals surface area (Å²) >= 11 is 5.87. The number of amides is 1. The van der Waals surface area contributed by atoms with Crippen LogP contribution in [0.25, 0.3) is 0 Å². The van der Waals surface area contributed by atoms with E-state index in [1.807, 2.05) is 0 Å². The van der Waals surface area contributed by atoms with E-state index in [0.717, 1.165) is 32.4 Å². The van der Waals surface area contributed by atoms with Gasteiger partial charge in [-0.15, -0.1) is 12.4 Å². The zero-order valence-electron chi connectivity index (χ0n) is 13.2. The van der Waals surface area contributed by atoms with Crippen molar-refractivity contribution in [3.63, 3.8) is 0 Å². The van der Waals surface area contributed by atoms with Gasteiger partial charge in [-0.25, -0.2) is 0 Å². The highest BCUT2D eigenvalue weighted by Crippen LogP contribution is 2.24. The van der Waals surface area contributed by atoms with Gasteiger partial charge < -0.3 is 15.4 Å². The molecule has 0 atom stereocenters. The van der Waals surface area contributed by atoms with Gasteiger partial charge in [-0.3, -0.25) is 4.79 Å². The lowest BCUT2D eigenvalue weighted by Gasteiger charge is -2.22. The van der Waals surface area contributed by atoms with Crippen molar-refractivity contribution in [3.8, 4) is 5.75 Å². The number of benzene rings is 1. The van der Waals surface area contributed by atoms with Gasteiger partial charge in [0.15, 0.2) is 0 Å². The number of hydrogen-bond acceptors (Lipinski definition) is 3. The molecule has 0 aliphatic carbocycles. The van der Waals surface area contributed by atoms with Gasteiger partial charge in [-0.2, -0.15) is 8.78 Å². The van der Waals surface area contributed by atoms with Crippen LogP contribution in [0.2, 0.25) is 5.02 Å². The van der Waals surface area contributed by atoms with E-state index in [2.05, 4.69) is 15.4 Å². The molecule has 0 spiro atoms. The number of carbonyl (C=O) groups is 1. The molecule has 1 amide bonds. The zero-order chi connectivity index (χ0) is 16.7. The maximum absolute atomic E-state index is 12.4. The van der Waals surface area contributed by atoms with Gasteiger partial charge >= 0.3 is 6.61 Å². The molecule has 2 rings (SSSR count). The summed E-state index contributed by atoms with van der Waals surface area (Å²) in [6, 6.07) is 4.37. The molecular weight excluding hydrogens is 361 g/mol. The Balaban J connectivity index is 0.00000288. The molecule has 1 aromatic rings. The van der Waals surface area contributed by atoms with Crippen LogP contribution >= 0.6 is 24.0 Å². The fraction of sp³-hybridized carbons (Fsp3) is 0.562. The quantitative estimate of drug-likeness (QED) is 0.754. The standard InChI is InChI=1S/C16H21ClF2N2O2.ClH/c17-13-2-3-14(23-16(18)19)12(9-13)10-21-15(22)4-1-11-5-7-20-8-6-11;/h2-3,9,11,16,20H,1,4-8,10H2,(H,21,22);1H. The van der Waals surface area contributed by atoms with Gasteiger partial charge in [0.1, 0.15) is 5.75 Å². The number of rotatable bonds is 7. The van der Waals surface area contributed by atoms with Crippen LogP contribution in [0.3, 0.4) is 0 Å². The molecule has 1 aliphatic rings. The first kappa shape index (κ1) is 20.9. The van der Waals surface area contributed by atoms with Crippen LogP contribution in [-0.2, 0) is 11.3 Å². The van der Waals surface area contributed by atoms with Crippen molar-refractivity contribution in [2.75, 3.05) is 13.1 Å². The van der Waals surface area contributed by atoms with E-state index < -0.39 is 6.61 Å². The predicted molar refractivity (Wildman–Crippen MR) is 92.0 cm³/mol. The van der Waals surface area contributed by atoms with E-state index in [4.69, 9.17) is 11.6 Å². The number of nitrogens with one attached hydrogen (secondary N) is 2. The van der Waals surface area contributed by atoms with Crippen LogP contribution in [0.5, 0.6) is 5.75 Å². The molecular formula is C16H22Cl2F2N2O2. The molecule has 1 fully saturated rings. The van der Waals surface area contributed by atoms with Crippen LogP contribution in [0.4, 0.5) is 8.78 Å². The fourth-order valence-corrected chi connectivity index (χ4v) is 2.88. The molecule has 0 unspecified atom stereocenters. The number of carbonyl (C=O) groups excluding carboxylic acids is 1. The lowest BCUT2D eigenvalue weighted by atomic mass is 9.93. The second-order valence-electron chi connectivity index (χ2n) is 5.64. The monoisotopic (exact) mass is 382 g/mol. The molecule has 136 valence electrons. The summed E-state index contributed by atoms with van der Waals surface area (Å²) in [5, 5.41) is 6.44. The second-order valence-corrected chi connectivity index (χ2v) is 6.08. The second kappa shape index (κ2) is 10.7. The lowest BCUT2D eigenvalue weighted by molar-refractivity contribution is -0.121.